The predicted molar refractivity (Wildman–Crippen MR) is 124 cm³/mol. The third kappa shape index (κ3) is 11.9. The Morgan fingerprint density at radius 1 is 0.607 bits per heavy atom. The molecule has 0 atom stereocenters. The lowest BCUT2D eigenvalue weighted by Gasteiger charge is -2.06. The van der Waals surface area contributed by atoms with E-state index in [0.29, 0.717) is 0 Å². The van der Waals surface area contributed by atoms with E-state index in [2.05, 4.69) is 42.3 Å². The molecule has 1 rings (SSSR count). The number of aryl methyl sites for hydroxylation is 2. The topological polar surface area (TPSA) is 8.81 Å². The van der Waals surface area contributed by atoms with Crippen molar-refractivity contribution in [2.24, 2.45) is 0 Å². The van der Waals surface area contributed by atoms with Gasteiger partial charge in [-0.25, -0.2) is 9.13 Å². The standard InChI is InChI=1S/C26H51N2/c1-4-7-10-11-12-13-14-15-16-17-18-19-20-21-26-27(22-8-5-2)24-25-28(26)23-9-6-3/h24-25H,4-23H2,1-3H3/q+1. The van der Waals surface area contributed by atoms with E-state index in [-0.39, 0.29) is 0 Å². The van der Waals surface area contributed by atoms with Gasteiger partial charge in [0.15, 0.2) is 0 Å². The van der Waals surface area contributed by atoms with E-state index >= 15 is 0 Å². The fourth-order valence-corrected chi connectivity index (χ4v) is 4.15. The lowest BCUT2D eigenvalue weighted by atomic mass is 10.0. The Bertz CT molecular complexity index is 424. The Morgan fingerprint density at radius 2 is 1.11 bits per heavy atom. The number of nitrogens with zero attached hydrogens (tertiary/aromatic N) is 2. The molecule has 0 fully saturated rings. The van der Waals surface area contributed by atoms with Gasteiger partial charge in [-0.1, -0.05) is 111 Å². The van der Waals surface area contributed by atoms with Crippen LogP contribution in [0, 0.1) is 0 Å². The molecule has 2 heteroatoms. The van der Waals surface area contributed by atoms with Crippen molar-refractivity contribution in [3.8, 4) is 0 Å². The molecule has 0 spiro atoms. The van der Waals surface area contributed by atoms with E-state index in [1.807, 2.05) is 0 Å². The molecule has 0 saturated heterocycles. The lowest BCUT2D eigenvalue weighted by Crippen LogP contribution is -2.37. The Balaban J connectivity index is 2.10. The largest absolute Gasteiger partial charge is 0.256 e. The molecule has 0 saturated carbocycles. The minimum atomic E-state index is 1.20. The first-order chi connectivity index (χ1) is 13.8. The monoisotopic (exact) mass is 391 g/mol. The predicted octanol–water partition coefficient (Wildman–Crippen LogP) is 8.01. The summed E-state index contributed by atoms with van der Waals surface area (Å²) in [5.41, 5.74) is 0. The number of hydrogen-bond acceptors (Lipinski definition) is 0. The smallest absolute Gasteiger partial charge is 0.234 e. The van der Waals surface area contributed by atoms with Gasteiger partial charge in [0.05, 0.1) is 13.1 Å². The molecule has 0 radical (unpaired) electrons. The van der Waals surface area contributed by atoms with Gasteiger partial charge >= 0.3 is 0 Å². The zero-order chi connectivity index (χ0) is 20.3. The molecule has 2 nitrogen and oxygen atoms in total. The summed E-state index contributed by atoms with van der Waals surface area (Å²) in [7, 11) is 0. The molecule has 1 aromatic rings. The van der Waals surface area contributed by atoms with Crippen molar-refractivity contribution in [1.82, 2.24) is 4.57 Å². The molecular formula is C26H51N2+. The van der Waals surface area contributed by atoms with Crippen molar-refractivity contribution >= 4 is 0 Å². The minimum Gasteiger partial charge on any atom is -0.234 e. The Hall–Kier alpha value is -0.790. The maximum Gasteiger partial charge on any atom is 0.256 e. The summed E-state index contributed by atoms with van der Waals surface area (Å²) in [4.78, 5) is 0. The Morgan fingerprint density at radius 3 is 1.64 bits per heavy atom. The molecule has 164 valence electrons. The fourth-order valence-electron chi connectivity index (χ4n) is 4.15. The van der Waals surface area contributed by atoms with Gasteiger partial charge in [0.25, 0.3) is 5.82 Å². The Kier molecular flexibility index (Phi) is 16.5. The van der Waals surface area contributed by atoms with Crippen molar-refractivity contribution in [2.75, 3.05) is 0 Å². The second-order valence-corrected chi connectivity index (χ2v) is 8.80. The fraction of sp³-hybridized carbons (Fsp3) is 0.885. The van der Waals surface area contributed by atoms with Crippen LogP contribution in [0.5, 0.6) is 0 Å². The van der Waals surface area contributed by atoms with Crippen molar-refractivity contribution in [3.05, 3.63) is 18.2 Å². The molecule has 0 aliphatic heterocycles. The molecule has 0 aromatic carbocycles. The highest BCUT2D eigenvalue weighted by Gasteiger charge is 2.15. The maximum absolute atomic E-state index is 2.53. The third-order valence-electron chi connectivity index (χ3n) is 6.10. The van der Waals surface area contributed by atoms with E-state index in [1.165, 1.54) is 129 Å². The highest BCUT2D eigenvalue weighted by Crippen LogP contribution is 2.13. The van der Waals surface area contributed by atoms with Gasteiger partial charge in [0.2, 0.25) is 0 Å². The van der Waals surface area contributed by atoms with E-state index < -0.39 is 0 Å². The molecular weight excluding hydrogens is 340 g/mol. The number of rotatable bonds is 20. The first-order valence-electron chi connectivity index (χ1n) is 12.9. The van der Waals surface area contributed by atoms with Gasteiger partial charge < -0.3 is 0 Å². The SMILES string of the molecule is CCCCCCCCCCCCCCCc1n(CCCC)cc[n+]1CCCC. The summed E-state index contributed by atoms with van der Waals surface area (Å²) in [6, 6.07) is 0. The lowest BCUT2D eigenvalue weighted by molar-refractivity contribution is -0.704. The summed E-state index contributed by atoms with van der Waals surface area (Å²) in [5.74, 6) is 1.57. The average Bonchev–Trinajstić information content (AvgIpc) is 3.09. The van der Waals surface area contributed by atoms with Gasteiger partial charge in [0, 0.05) is 6.42 Å². The second-order valence-electron chi connectivity index (χ2n) is 8.80. The maximum atomic E-state index is 2.53. The third-order valence-corrected chi connectivity index (χ3v) is 6.10. The van der Waals surface area contributed by atoms with Crippen molar-refractivity contribution in [1.29, 1.82) is 0 Å². The van der Waals surface area contributed by atoms with Crippen LogP contribution in [0.2, 0.25) is 0 Å². The normalized spacial score (nSPS) is 11.4. The first kappa shape index (κ1) is 25.2. The molecule has 0 amide bonds. The van der Waals surface area contributed by atoms with Crippen molar-refractivity contribution < 1.29 is 4.57 Å². The number of aromatic nitrogens is 2. The molecule has 0 unspecified atom stereocenters. The van der Waals surface area contributed by atoms with Crippen LogP contribution in [0.15, 0.2) is 12.4 Å². The molecule has 1 aromatic heterocycles. The summed E-state index contributed by atoms with van der Waals surface area (Å²) < 4.78 is 5.05. The van der Waals surface area contributed by atoms with E-state index in [4.69, 9.17) is 0 Å². The van der Waals surface area contributed by atoms with E-state index in [0.717, 1.165) is 0 Å². The van der Waals surface area contributed by atoms with Crippen LogP contribution in [0.25, 0.3) is 0 Å². The van der Waals surface area contributed by atoms with Crippen LogP contribution in [0.4, 0.5) is 0 Å². The zero-order valence-corrected chi connectivity index (χ0v) is 19.7. The van der Waals surface area contributed by atoms with Gasteiger partial charge in [-0.15, -0.1) is 0 Å². The minimum absolute atomic E-state index is 1.20. The van der Waals surface area contributed by atoms with Gasteiger partial charge in [-0.05, 0) is 19.3 Å². The van der Waals surface area contributed by atoms with Gasteiger partial charge in [-0.3, -0.25) is 0 Å². The summed E-state index contributed by atoms with van der Waals surface area (Å²) in [6.45, 7) is 9.28. The summed E-state index contributed by atoms with van der Waals surface area (Å²) >= 11 is 0. The van der Waals surface area contributed by atoms with E-state index in [1.54, 1.807) is 5.82 Å². The second kappa shape index (κ2) is 18.3. The Labute approximate surface area is 177 Å². The molecule has 28 heavy (non-hydrogen) atoms. The molecule has 0 aliphatic carbocycles. The van der Waals surface area contributed by atoms with Gasteiger partial charge in [-0.2, -0.15) is 0 Å². The van der Waals surface area contributed by atoms with Gasteiger partial charge in [0.1, 0.15) is 12.4 Å². The van der Waals surface area contributed by atoms with Crippen LogP contribution in [0.3, 0.4) is 0 Å². The highest BCUT2D eigenvalue weighted by atomic mass is 15.1. The molecule has 0 N–H and O–H groups in total. The van der Waals surface area contributed by atoms with Crippen molar-refractivity contribution in [2.45, 2.75) is 149 Å². The summed E-state index contributed by atoms with van der Waals surface area (Å²) in [6.07, 6.45) is 29.8. The van der Waals surface area contributed by atoms with Crippen molar-refractivity contribution in [3.63, 3.8) is 0 Å². The number of imidazole rings is 1. The number of unbranched alkanes of at least 4 members (excludes halogenated alkanes) is 14. The van der Waals surface area contributed by atoms with Crippen LogP contribution >= 0.6 is 0 Å². The number of hydrogen-bond donors (Lipinski definition) is 0. The van der Waals surface area contributed by atoms with Crippen LogP contribution in [-0.2, 0) is 19.5 Å². The van der Waals surface area contributed by atoms with Crippen LogP contribution in [-0.4, -0.2) is 4.57 Å². The quantitative estimate of drug-likeness (QED) is 0.157. The summed E-state index contributed by atoms with van der Waals surface area (Å²) in [5, 5.41) is 0. The molecule has 1 heterocycles. The molecule has 0 bridgehead atoms. The van der Waals surface area contributed by atoms with E-state index in [9.17, 15) is 0 Å². The molecule has 0 aliphatic rings. The first-order valence-corrected chi connectivity index (χ1v) is 12.9. The average molecular weight is 392 g/mol. The highest BCUT2D eigenvalue weighted by molar-refractivity contribution is 4.84. The van der Waals surface area contributed by atoms with Crippen LogP contribution < -0.4 is 4.57 Å². The van der Waals surface area contributed by atoms with Crippen LogP contribution in [0.1, 0.15) is 136 Å². The zero-order valence-electron chi connectivity index (χ0n) is 19.7.